The summed E-state index contributed by atoms with van der Waals surface area (Å²) in [5.41, 5.74) is 1.07. The molecule has 1 aliphatic carbocycles. The van der Waals surface area contributed by atoms with Crippen LogP contribution in [0, 0.1) is 5.41 Å². The molecule has 0 aromatic heterocycles. The van der Waals surface area contributed by atoms with Crippen molar-refractivity contribution in [3.63, 3.8) is 0 Å². The van der Waals surface area contributed by atoms with Crippen molar-refractivity contribution in [3.05, 3.63) is 35.9 Å². The van der Waals surface area contributed by atoms with Crippen molar-refractivity contribution in [2.24, 2.45) is 5.41 Å². The first-order valence-electron chi connectivity index (χ1n) is 10.1. The quantitative estimate of drug-likeness (QED) is 0.823. The summed E-state index contributed by atoms with van der Waals surface area (Å²) in [5.74, 6) is 0.632. The molecule has 0 radical (unpaired) electrons. The SMILES string of the molecule is COCC1(CN[C@@H]2C[C@H]2c2ccccc2)CCN(C(=O)OC(C)(C)C)CC1. The molecule has 0 unspecified atom stereocenters. The van der Waals surface area contributed by atoms with Crippen LogP contribution in [-0.4, -0.2) is 56.0 Å². The van der Waals surface area contributed by atoms with E-state index >= 15 is 0 Å². The molecule has 2 atom stereocenters. The van der Waals surface area contributed by atoms with Crippen molar-refractivity contribution < 1.29 is 14.3 Å². The van der Waals surface area contributed by atoms with E-state index in [9.17, 15) is 4.79 Å². The maximum Gasteiger partial charge on any atom is 0.410 e. The van der Waals surface area contributed by atoms with Crippen LogP contribution < -0.4 is 5.32 Å². The van der Waals surface area contributed by atoms with Gasteiger partial charge in [-0.2, -0.15) is 0 Å². The smallest absolute Gasteiger partial charge is 0.410 e. The first kappa shape index (κ1) is 20.2. The summed E-state index contributed by atoms with van der Waals surface area (Å²) in [4.78, 5) is 14.2. The molecule has 1 aromatic carbocycles. The summed E-state index contributed by atoms with van der Waals surface area (Å²) in [6.45, 7) is 8.85. The number of carbonyl (C=O) groups is 1. The summed E-state index contributed by atoms with van der Waals surface area (Å²) in [6.07, 6.45) is 2.88. The van der Waals surface area contributed by atoms with Crippen LogP contribution in [0.2, 0.25) is 0 Å². The predicted octanol–water partition coefficient (Wildman–Crippen LogP) is 3.80. The molecule has 1 saturated heterocycles. The first-order chi connectivity index (χ1) is 12.8. The van der Waals surface area contributed by atoms with Crippen molar-refractivity contribution in [2.45, 2.75) is 57.6 Å². The Labute approximate surface area is 163 Å². The van der Waals surface area contributed by atoms with Crippen LogP contribution in [0.1, 0.15) is 51.5 Å². The third-order valence-corrected chi connectivity index (χ3v) is 5.68. The molecule has 1 aliphatic heterocycles. The molecule has 27 heavy (non-hydrogen) atoms. The topological polar surface area (TPSA) is 50.8 Å². The minimum Gasteiger partial charge on any atom is -0.444 e. The Morgan fingerprint density at radius 2 is 1.89 bits per heavy atom. The zero-order valence-electron chi connectivity index (χ0n) is 17.2. The molecule has 5 heteroatoms. The van der Waals surface area contributed by atoms with Crippen LogP contribution in [0.4, 0.5) is 4.79 Å². The van der Waals surface area contributed by atoms with Gasteiger partial charge in [0.25, 0.3) is 0 Å². The summed E-state index contributed by atoms with van der Waals surface area (Å²) >= 11 is 0. The summed E-state index contributed by atoms with van der Waals surface area (Å²) in [7, 11) is 1.77. The van der Waals surface area contributed by atoms with Gasteiger partial charge in [-0.1, -0.05) is 30.3 Å². The molecule has 1 amide bonds. The average molecular weight is 375 g/mol. The van der Waals surface area contributed by atoms with Crippen LogP contribution in [0.25, 0.3) is 0 Å². The second-order valence-corrected chi connectivity index (χ2v) is 9.14. The van der Waals surface area contributed by atoms with Gasteiger partial charge in [0.2, 0.25) is 0 Å². The molecule has 3 rings (SSSR count). The Balaban J connectivity index is 1.50. The lowest BCUT2D eigenvalue weighted by atomic mass is 9.79. The van der Waals surface area contributed by atoms with Gasteiger partial charge in [0, 0.05) is 44.1 Å². The van der Waals surface area contributed by atoms with Gasteiger partial charge in [0.05, 0.1) is 6.61 Å². The number of methoxy groups -OCH3 is 1. The molecule has 1 N–H and O–H groups in total. The maximum absolute atomic E-state index is 12.3. The summed E-state index contributed by atoms with van der Waals surface area (Å²) in [5, 5.41) is 3.77. The second-order valence-electron chi connectivity index (χ2n) is 9.14. The van der Waals surface area contributed by atoms with Gasteiger partial charge in [-0.25, -0.2) is 4.79 Å². The number of rotatable bonds is 6. The number of likely N-dealkylation sites (tertiary alicyclic amines) is 1. The lowest BCUT2D eigenvalue weighted by molar-refractivity contribution is -0.00667. The zero-order valence-corrected chi connectivity index (χ0v) is 17.2. The predicted molar refractivity (Wildman–Crippen MR) is 107 cm³/mol. The van der Waals surface area contributed by atoms with E-state index in [1.807, 2.05) is 25.7 Å². The third-order valence-electron chi connectivity index (χ3n) is 5.68. The standard InChI is InChI=1S/C22H34N2O3/c1-21(2,3)27-20(25)24-12-10-22(11-13-24,16-26-4)15-23-19-14-18(19)17-8-6-5-7-9-17/h5-9,18-19,23H,10-16H2,1-4H3/t18-,19+/m0/s1. The number of hydrogen-bond acceptors (Lipinski definition) is 4. The normalized spacial score (nSPS) is 24.5. The fourth-order valence-corrected chi connectivity index (χ4v) is 4.01. The summed E-state index contributed by atoms with van der Waals surface area (Å²) < 4.78 is 11.1. The van der Waals surface area contributed by atoms with Gasteiger partial charge in [-0.15, -0.1) is 0 Å². The molecular weight excluding hydrogens is 340 g/mol. The third kappa shape index (κ3) is 5.45. The molecule has 1 heterocycles. The first-order valence-corrected chi connectivity index (χ1v) is 10.1. The number of amides is 1. The number of ether oxygens (including phenoxy) is 2. The molecule has 1 saturated carbocycles. The van der Waals surface area contributed by atoms with E-state index in [-0.39, 0.29) is 11.5 Å². The van der Waals surface area contributed by atoms with Crippen molar-refractivity contribution in [3.8, 4) is 0 Å². The summed E-state index contributed by atoms with van der Waals surface area (Å²) in [6, 6.07) is 11.3. The minimum absolute atomic E-state index is 0.0943. The van der Waals surface area contributed by atoms with Crippen LogP contribution in [0.5, 0.6) is 0 Å². The fraction of sp³-hybridized carbons (Fsp3) is 0.682. The Morgan fingerprint density at radius 3 is 2.48 bits per heavy atom. The van der Waals surface area contributed by atoms with E-state index in [1.54, 1.807) is 7.11 Å². The lowest BCUT2D eigenvalue weighted by Gasteiger charge is -2.41. The highest BCUT2D eigenvalue weighted by Crippen LogP contribution is 2.42. The lowest BCUT2D eigenvalue weighted by Crippen LogP contribution is -2.50. The number of hydrogen-bond donors (Lipinski definition) is 1. The Kier molecular flexibility index (Phi) is 6.11. The van der Waals surface area contributed by atoms with Crippen LogP contribution in [0.3, 0.4) is 0 Å². The van der Waals surface area contributed by atoms with Gasteiger partial charge in [-0.05, 0) is 45.6 Å². The van der Waals surface area contributed by atoms with E-state index in [2.05, 4.69) is 35.6 Å². The number of benzene rings is 1. The fourth-order valence-electron chi connectivity index (χ4n) is 4.01. The van der Waals surface area contributed by atoms with Gasteiger partial charge < -0.3 is 19.7 Å². The van der Waals surface area contributed by atoms with Crippen molar-refractivity contribution in [1.82, 2.24) is 10.2 Å². The van der Waals surface area contributed by atoms with E-state index in [4.69, 9.17) is 9.47 Å². The molecule has 2 fully saturated rings. The van der Waals surface area contributed by atoms with Gasteiger partial charge >= 0.3 is 6.09 Å². The van der Waals surface area contributed by atoms with E-state index in [0.29, 0.717) is 12.0 Å². The minimum atomic E-state index is -0.446. The monoisotopic (exact) mass is 374 g/mol. The Bertz CT molecular complexity index is 618. The van der Waals surface area contributed by atoms with Crippen molar-refractivity contribution in [2.75, 3.05) is 33.4 Å². The van der Waals surface area contributed by atoms with E-state index < -0.39 is 5.60 Å². The maximum atomic E-state index is 12.3. The van der Waals surface area contributed by atoms with Crippen molar-refractivity contribution in [1.29, 1.82) is 0 Å². The van der Waals surface area contributed by atoms with E-state index in [0.717, 1.165) is 39.1 Å². The number of carbonyl (C=O) groups excluding carboxylic acids is 1. The second kappa shape index (κ2) is 8.19. The molecule has 2 aliphatic rings. The molecular formula is C22H34N2O3. The molecule has 1 aromatic rings. The number of nitrogens with one attached hydrogen (secondary N) is 1. The highest BCUT2D eigenvalue weighted by atomic mass is 16.6. The highest BCUT2D eigenvalue weighted by Gasteiger charge is 2.42. The molecule has 5 nitrogen and oxygen atoms in total. The number of nitrogens with zero attached hydrogens (tertiary/aromatic N) is 1. The average Bonchev–Trinajstić information content (AvgIpc) is 3.40. The van der Waals surface area contributed by atoms with Crippen LogP contribution in [0.15, 0.2) is 30.3 Å². The number of piperidine rings is 1. The van der Waals surface area contributed by atoms with Crippen LogP contribution >= 0.6 is 0 Å². The highest BCUT2D eigenvalue weighted by molar-refractivity contribution is 5.68. The Morgan fingerprint density at radius 1 is 1.22 bits per heavy atom. The molecule has 0 spiro atoms. The van der Waals surface area contributed by atoms with E-state index in [1.165, 1.54) is 12.0 Å². The Hall–Kier alpha value is -1.59. The van der Waals surface area contributed by atoms with Gasteiger partial charge in [0.15, 0.2) is 0 Å². The van der Waals surface area contributed by atoms with Gasteiger partial charge in [0.1, 0.15) is 5.60 Å². The molecule has 0 bridgehead atoms. The molecule has 150 valence electrons. The van der Waals surface area contributed by atoms with Crippen LogP contribution in [-0.2, 0) is 9.47 Å². The van der Waals surface area contributed by atoms with Gasteiger partial charge in [-0.3, -0.25) is 0 Å². The van der Waals surface area contributed by atoms with Crippen molar-refractivity contribution >= 4 is 6.09 Å². The zero-order chi connectivity index (χ0) is 19.5. The largest absolute Gasteiger partial charge is 0.444 e.